The zero-order chi connectivity index (χ0) is 8.55. The number of nitrogens with one attached hydrogen (secondary N) is 1. The molecule has 0 saturated heterocycles. The lowest BCUT2D eigenvalue weighted by atomic mass is 10.3. The Kier molecular flexibility index (Phi) is 1.49. The molecule has 0 aliphatic carbocycles. The molecule has 3 N–H and O–H groups in total. The summed E-state index contributed by atoms with van der Waals surface area (Å²) < 4.78 is 1.64. The topological polar surface area (TPSA) is 68.2 Å². The standard InChI is InChI=1S/C7H11N5/c1-12-6(8)5(4-11-12)7-9-2-3-10-7/h4H,2-3,8H2,1H3,(H,9,10). The molecule has 0 fully saturated rings. The van der Waals surface area contributed by atoms with Gasteiger partial charge >= 0.3 is 0 Å². The third kappa shape index (κ3) is 0.939. The van der Waals surface area contributed by atoms with Crippen LogP contribution in [0.2, 0.25) is 0 Å². The summed E-state index contributed by atoms with van der Waals surface area (Å²) in [5.41, 5.74) is 6.66. The first-order valence-electron chi connectivity index (χ1n) is 3.85. The Balaban J connectivity index is 2.39. The van der Waals surface area contributed by atoms with Crippen LogP contribution in [0.25, 0.3) is 0 Å². The van der Waals surface area contributed by atoms with Crippen LogP contribution in [0, 0.1) is 0 Å². The van der Waals surface area contributed by atoms with Gasteiger partial charge in [0.25, 0.3) is 0 Å². The van der Waals surface area contributed by atoms with Crippen LogP contribution in [0.3, 0.4) is 0 Å². The fraction of sp³-hybridized carbons (Fsp3) is 0.429. The number of rotatable bonds is 1. The summed E-state index contributed by atoms with van der Waals surface area (Å²) in [4.78, 5) is 4.25. The summed E-state index contributed by atoms with van der Waals surface area (Å²) in [6.07, 6.45) is 1.73. The lowest BCUT2D eigenvalue weighted by Gasteiger charge is -1.99. The highest BCUT2D eigenvalue weighted by atomic mass is 15.3. The molecule has 1 aromatic heterocycles. The zero-order valence-corrected chi connectivity index (χ0v) is 6.91. The van der Waals surface area contributed by atoms with Gasteiger partial charge in [-0.2, -0.15) is 5.10 Å². The highest BCUT2D eigenvalue weighted by Crippen LogP contribution is 2.10. The Morgan fingerprint density at radius 3 is 3.00 bits per heavy atom. The first-order chi connectivity index (χ1) is 5.79. The predicted octanol–water partition coefficient (Wildman–Crippen LogP) is -0.648. The van der Waals surface area contributed by atoms with Gasteiger partial charge in [-0.25, -0.2) is 0 Å². The van der Waals surface area contributed by atoms with E-state index in [-0.39, 0.29) is 0 Å². The Morgan fingerprint density at radius 2 is 2.50 bits per heavy atom. The maximum Gasteiger partial charge on any atom is 0.133 e. The molecule has 0 saturated carbocycles. The highest BCUT2D eigenvalue weighted by molar-refractivity contribution is 6.03. The van der Waals surface area contributed by atoms with Crippen molar-refractivity contribution in [2.45, 2.75) is 0 Å². The number of anilines is 1. The fourth-order valence-corrected chi connectivity index (χ4v) is 1.21. The number of nitrogens with two attached hydrogens (primary N) is 1. The molecular weight excluding hydrogens is 154 g/mol. The first-order valence-corrected chi connectivity index (χ1v) is 3.85. The summed E-state index contributed by atoms with van der Waals surface area (Å²) in [6, 6.07) is 0. The van der Waals surface area contributed by atoms with Crippen molar-refractivity contribution in [3.8, 4) is 0 Å². The molecule has 0 radical (unpaired) electrons. The lowest BCUT2D eigenvalue weighted by Crippen LogP contribution is -2.20. The van der Waals surface area contributed by atoms with Crippen LogP contribution in [-0.4, -0.2) is 28.7 Å². The van der Waals surface area contributed by atoms with E-state index in [1.807, 2.05) is 7.05 Å². The number of aliphatic imine (C=N–C) groups is 1. The molecule has 5 heteroatoms. The highest BCUT2D eigenvalue weighted by Gasteiger charge is 2.13. The third-order valence-electron chi connectivity index (χ3n) is 1.91. The van der Waals surface area contributed by atoms with Gasteiger partial charge in [-0.15, -0.1) is 0 Å². The van der Waals surface area contributed by atoms with Gasteiger partial charge in [-0.05, 0) is 0 Å². The molecule has 0 aromatic carbocycles. The van der Waals surface area contributed by atoms with E-state index in [9.17, 15) is 0 Å². The first kappa shape index (κ1) is 7.15. The van der Waals surface area contributed by atoms with E-state index < -0.39 is 0 Å². The fourth-order valence-electron chi connectivity index (χ4n) is 1.21. The number of aryl methyl sites for hydroxylation is 1. The third-order valence-corrected chi connectivity index (χ3v) is 1.91. The Bertz CT molecular complexity index is 325. The summed E-state index contributed by atoms with van der Waals surface area (Å²) in [5.74, 6) is 1.52. The van der Waals surface area contributed by atoms with Crippen LogP contribution in [-0.2, 0) is 7.05 Å². The molecule has 0 unspecified atom stereocenters. The maximum absolute atomic E-state index is 5.76. The number of aromatic nitrogens is 2. The molecule has 0 bridgehead atoms. The summed E-state index contributed by atoms with van der Waals surface area (Å²) >= 11 is 0. The van der Waals surface area contributed by atoms with Crippen molar-refractivity contribution < 1.29 is 0 Å². The van der Waals surface area contributed by atoms with E-state index in [1.54, 1.807) is 10.9 Å². The van der Waals surface area contributed by atoms with Crippen LogP contribution in [0.5, 0.6) is 0 Å². The van der Waals surface area contributed by atoms with Gasteiger partial charge in [0.2, 0.25) is 0 Å². The van der Waals surface area contributed by atoms with Crippen molar-refractivity contribution in [2.24, 2.45) is 12.0 Å². The molecule has 0 spiro atoms. The maximum atomic E-state index is 5.76. The van der Waals surface area contributed by atoms with Crippen LogP contribution in [0.4, 0.5) is 5.82 Å². The van der Waals surface area contributed by atoms with Crippen molar-refractivity contribution in [1.29, 1.82) is 0 Å². The van der Waals surface area contributed by atoms with Gasteiger partial charge in [0, 0.05) is 13.6 Å². The zero-order valence-electron chi connectivity index (χ0n) is 6.91. The summed E-state index contributed by atoms with van der Waals surface area (Å²) in [5, 5.41) is 7.18. The van der Waals surface area contributed by atoms with Crippen LogP contribution in [0.1, 0.15) is 5.56 Å². The van der Waals surface area contributed by atoms with E-state index >= 15 is 0 Å². The second-order valence-corrected chi connectivity index (χ2v) is 2.72. The summed E-state index contributed by atoms with van der Waals surface area (Å²) in [7, 11) is 1.81. The largest absolute Gasteiger partial charge is 0.383 e. The van der Waals surface area contributed by atoms with E-state index in [0.29, 0.717) is 5.82 Å². The molecule has 12 heavy (non-hydrogen) atoms. The van der Waals surface area contributed by atoms with Crippen molar-refractivity contribution in [2.75, 3.05) is 18.8 Å². The van der Waals surface area contributed by atoms with Crippen LogP contribution in [0.15, 0.2) is 11.2 Å². The second kappa shape index (κ2) is 2.51. The number of amidine groups is 1. The van der Waals surface area contributed by atoms with E-state index in [2.05, 4.69) is 15.4 Å². The van der Waals surface area contributed by atoms with Crippen molar-refractivity contribution in [3.63, 3.8) is 0 Å². The number of nitrogens with zero attached hydrogens (tertiary/aromatic N) is 3. The Hall–Kier alpha value is -1.52. The van der Waals surface area contributed by atoms with Crippen LogP contribution < -0.4 is 11.1 Å². The van der Waals surface area contributed by atoms with Gasteiger partial charge in [0.1, 0.15) is 11.7 Å². The summed E-state index contributed by atoms with van der Waals surface area (Å²) in [6.45, 7) is 1.72. The average Bonchev–Trinajstić information content (AvgIpc) is 2.64. The van der Waals surface area contributed by atoms with Crippen molar-refractivity contribution >= 4 is 11.7 Å². The van der Waals surface area contributed by atoms with Gasteiger partial charge in [-0.1, -0.05) is 0 Å². The van der Waals surface area contributed by atoms with Gasteiger partial charge in [-0.3, -0.25) is 9.67 Å². The normalized spacial score (nSPS) is 15.9. The molecular formula is C7H11N5. The van der Waals surface area contributed by atoms with Gasteiger partial charge in [0.15, 0.2) is 0 Å². The lowest BCUT2D eigenvalue weighted by molar-refractivity contribution is 0.779. The van der Waals surface area contributed by atoms with Crippen molar-refractivity contribution in [1.82, 2.24) is 15.1 Å². The predicted molar refractivity (Wildman–Crippen MR) is 47.0 cm³/mol. The molecule has 0 atom stereocenters. The molecule has 2 rings (SSSR count). The van der Waals surface area contributed by atoms with Crippen LogP contribution >= 0.6 is 0 Å². The second-order valence-electron chi connectivity index (χ2n) is 2.72. The molecule has 5 nitrogen and oxygen atoms in total. The van der Waals surface area contributed by atoms with Crippen molar-refractivity contribution in [3.05, 3.63) is 11.8 Å². The molecule has 1 aliphatic rings. The molecule has 1 aliphatic heterocycles. The Labute approximate surface area is 70.3 Å². The molecule has 0 amide bonds. The quantitative estimate of drug-likeness (QED) is 0.581. The molecule has 1 aromatic rings. The Morgan fingerprint density at radius 1 is 1.67 bits per heavy atom. The minimum Gasteiger partial charge on any atom is -0.383 e. The van der Waals surface area contributed by atoms with E-state index in [4.69, 9.17) is 5.73 Å². The number of hydrogen-bond donors (Lipinski definition) is 2. The number of nitrogen functional groups attached to an aromatic ring is 1. The van der Waals surface area contributed by atoms with E-state index in [1.165, 1.54) is 0 Å². The SMILES string of the molecule is Cn1ncc(C2=NCCN2)c1N. The van der Waals surface area contributed by atoms with Gasteiger partial charge in [0.05, 0.1) is 18.3 Å². The average molecular weight is 165 g/mol. The molecule has 64 valence electrons. The smallest absolute Gasteiger partial charge is 0.133 e. The minimum absolute atomic E-state index is 0.656. The monoisotopic (exact) mass is 165 g/mol. The number of hydrogen-bond acceptors (Lipinski definition) is 4. The minimum atomic E-state index is 0.656. The molecule has 2 heterocycles. The van der Waals surface area contributed by atoms with Gasteiger partial charge < -0.3 is 11.1 Å². The van der Waals surface area contributed by atoms with E-state index in [0.717, 1.165) is 24.5 Å².